The Hall–Kier alpha value is -3.85. The summed E-state index contributed by atoms with van der Waals surface area (Å²) in [6, 6.07) is 21.6. The molecule has 3 rings (SSSR count). The lowest BCUT2D eigenvalue weighted by Crippen LogP contribution is -2.46. The molecule has 3 unspecified atom stereocenters. The first-order chi connectivity index (χ1) is 18.7. The summed E-state index contributed by atoms with van der Waals surface area (Å²) in [5.74, 6) is -3.40. The van der Waals surface area contributed by atoms with Crippen molar-refractivity contribution in [3.05, 3.63) is 83.9 Å². The zero-order valence-corrected chi connectivity index (χ0v) is 22.7. The molecule has 206 valence electrons. The number of benzene rings is 3. The van der Waals surface area contributed by atoms with Gasteiger partial charge in [0.1, 0.15) is 6.04 Å². The van der Waals surface area contributed by atoms with E-state index in [1.54, 1.807) is 13.0 Å². The number of ether oxygens (including phenoxy) is 1. The number of rotatable bonds is 15. The van der Waals surface area contributed by atoms with E-state index in [-0.39, 0.29) is 12.2 Å². The topological polar surface area (TPSA) is 127 Å². The molecule has 3 aromatic rings. The molecule has 0 aromatic heterocycles. The van der Waals surface area contributed by atoms with Gasteiger partial charge in [0.2, 0.25) is 5.91 Å². The van der Waals surface area contributed by atoms with Crippen molar-refractivity contribution in [3.63, 3.8) is 0 Å². The van der Waals surface area contributed by atoms with E-state index in [9.17, 15) is 28.5 Å². The fourth-order valence-electron chi connectivity index (χ4n) is 4.16. The van der Waals surface area contributed by atoms with Crippen molar-refractivity contribution in [3.8, 4) is 0 Å². The number of hydrogen-bond donors (Lipinski definition) is 2. The van der Waals surface area contributed by atoms with Gasteiger partial charge in [-0.1, -0.05) is 79.7 Å². The maximum atomic E-state index is 12.7. The quantitative estimate of drug-likeness (QED) is 0.277. The first kappa shape index (κ1) is 29.7. The van der Waals surface area contributed by atoms with Crippen molar-refractivity contribution in [1.82, 2.24) is 5.32 Å². The maximum absolute atomic E-state index is 12.7. The highest BCUT2D eigenvalue weighted by molar-refractivity contribution is 7.85. The van der Waals surface area contributed by atoms with Gasteiger partial charge in [-0.2, -0.15) is 0 Å². The minimum atomic E-state index is -1.37. The lowest BCUT2D eigenvalue weighted by Gasteiger charge is -2.19. The molecule has 0 saturated carbocycles. The molecule has 0 spiro atoms. The van der Waals surface area contributed by atoms with Crippen LogP contribution in [0.4, 0.5) is 0 Å². The van der Waals surface area contributed by atoms with Gasteiger partial charge in [-0.05, 0) is 34.7 Å². The molecule has 1 amide bonds. The van der Waals surface area contributed by atoms with E-state index < -0.39 is 59.4 Å². The first-order valence-corrected chi connectivity index (χ1v) is 14.3. The van der Waals surface area contributed by atoms with Gasteiger partial charge in [-0.15, -0.1) is 0 Å². The zero-order chi connectivity index (χ0) is 28.2. The number of fused-ring (bicyclic) bond motifs is 1. The molecule has 0 heterocycles. The van der Waals surface area contributed by atoms with Crippen LogP contribution in [0.3, 0.4) is 0 Å². The fraction of sp³-hybridized carbons (Fsp3) is 0.333. The molecule has 0 radical (unpaired) electrons. The second kappa shape index (κ2) is 14.9. The Balaban J connectivity index is 1.48. The molecule has 0 aliphatic heterocycles. The molecule has 2 N–H and O–H groups in total. The summed E-state index contributed by atoms with van der Waals surface area (Å²) < 4.78 is 17.6. The van der Waals surface area contributed by atoms with E-state index >= 15 is 0 Å². The number of carboxylic acids is 1. The van der Waals surface area contributed by atoms with E-state index in [0.717, 1.165) is 28.3 Å². The number of esters is 1. The predicted octanol–water partition coefficient (Wildman–Crippen LogP) is 3.47. The Kier molecular flexibility index (Phi) is 11.4. The summed E-state index contributed by atoms with van der Waals surface area (Å²) in [6.45, 7) is 0.915. The van der Waals surface area contributed by atoms with Crippen LogP contribution < -0.4 is 5.32 Å². The highest BCUT2D eigenvalue weighted by atomic mass is 32.2. The van der Waals surface area contributed by atoms with Crippen LogP contribution in [0, 0.1) is 5.92 Å². The van der Waals surface area contributed by atoms with Gasteiger partial charge in [-0.25, -0.2) is 0 Å². The molecule has 39 heavy (non-hydrogen) atoms. The number of carboxylic acid groups (broad SMARTS) is 1. The Morgan fingerprint density at radius 3 is 2.38 bits per heavy atom. The van der Waals surface area contributed by atoms with Crippen LogP contribution >= 0.6 is 0 Å². The lowest BCUT2D eigenvalue weighted by molar-refractivity contribution is -0.148. The van der Waals surface area contributed by atoms with E-state index in [2.05, 4.69) is 5.32 Å². The molecular weight excluding hydrogens is 518 g/mol. The van der Waals surface area contributed by atoms with Gasteiger partial charge in [-0.3, -0.25) is 23.4 Å². The molecule has 0 aliphatic carbocycles. The van der Waals surface area contributed by atoms with Gasteiger partial charge in [0, 0.05) is 28.2 Å². The average molecular weight is 552 g/mol. The SMILES string of the molecule is CC(CS(=O)CCCc1ccccc1)C(=O)NC(CC(=O)O)C(=O)COC(=O)Cc1cccc2ccccc12. The lowest BCUT2D eigenvalue weighted by atomic mass is 10.0. The van der Waals surface area contributed by atoms with Crippen LogP contribution in [-0.2, 0) is 47.6 Å². The number of ketones is 1. The minimum Gasteiger partial charge on any atom is -0.481 e. The molecule has 0 bridgehead atoms. The molecule has 3 atom stereocenters. The van der Waals surface area contributed by atoms with Crippen LogP contribution in [0.5, 0.6) is 0 Å². The van der Waals surface area contributed by atoms with Crippen molar-refractivity contribution in [1.29, 1.82) is 0 Å². The molecule has 9 heteroatoms. The smallest absolute Gasteiger partial charge is 0.310 e. The van der Waals surface area contributed by atoms with Crippen LogP contribution in [0.15, 0.2) is 72.8 Å². The number of aliphatic carboxylic acids is 1. The summed E-state index contributed by atoms with van der Waals surface area (Å²) in [5, 5.41) is 13.5. The van der Waals surface area contributed by atoms with Gasteiger partial charge in [0.25, 0.3) is 0 Å². The van der Waals surface area contributed by atoms with E-state index in [4.69, 9.17) is 4.74 Å². The summed E-state index contributed by atoms with van der Waals surface area (Å²) in [7, 11) is -1.25. The van der Waals surface area contributed by atoms with Crippen molar-refractivity contribution in [2.75, 3.05) is 18.1 Å². The highest BCUT2D eigenvalue weighted by Crippen LogP contribution is 2.19. The summed E-state index contributed by atoms with van der Waals surface area (Å²) in [5.41, 5.74) is 1.89. The Morgan fingerprint density at radius 2 is 1.64 bits per heavy atom. The van der Waals surface area contributed by atoms with Crippen molar-refractivity contribution in [2.24, 2.45) is 5.92 Å². The van der Waals surface area contributed by atoms with Crippen molar-refractivity contribution >= 4 is 45.2 Å². The third-order valence-corrected chi connectivity index (χ3v) is 7.85. The molecule has 8 nitrogen and oxygen atoms in total. The number of aryl methyl sites for hydroxylation is 1. The van der Waals surface area contributed by atoms with Crippen LogP contribution in [0.25, 0.3) is 10.8 Å². The Labute approximate surface area is 230 Å². The zero-order valence-electron chi connectivity index (χ0n) is 21.8. The number of nitrogens with one attached hydrogen (secondary N) is 1. The van der Waals surface area contributed by atoms with Gasteiger partial charge in [0.15, 0.2) is 12.4 Å². The fourth-order valence-corrected chi connectivity index (χ4v) is 5.50. The highest BCUT2D eigenvalue weighted by Gasteiger charge is 2.27. The third-order valence-electron chi connectivity index (χ3n) is 6.24. The normalized spacial score (nSPS) is 13.3. The van der Waals surface area contributed by atoms with Gasteiger partial charge >= 0.3 is 11.9 Å². The molecule has 3 aromatic carbocycles. The second-order valence-electron chi connectivity index (χ2n) is 9.40. The molecule has 0 saturated heterocycles. The van der Waals surface area contributed by atoms with Gasteiger partial charge < -0.3 is 15.2 Å². The largest absolute Gasteiger partial charge is 0.481 e. The minimum absolute atomic E-state index is 0.0578. The van der Waals surface area contributed by atoms with Crippen LogP contribution in [0.1, 0.15) is 30.9 Å². The van der Waals surface area contributed by atoms with E-state index in [1.165, 1.54) is 0 Å². The Morgan fingerprint density at radius 1 is 0.949 bits per heavy atom. The first-order valence-electron chi connectivity index (χ1n) is 12.8. The molecule has 0 aliphatic rings. The summed E-state index contributed by atoms with van der Waals surface area (Å²) in [4.78, 5) is 49.1. The number of hydrogen-bond acceptors (Lipinski definition) is 6. The average Bonchev–Trinajstić information content (AvgIpc) is 2.92. The monoisotopic (exact) mass is 551 g/mol. The van der Waals surface area contributed by atoms with Crippen molar-refractivity contribution in [2.45, 2.75) is 38.6 Å². The number of carbonyl (C=O) groups is 4. The standard InChI is InChI=1S/C30H33NO7S/c1-21(20-39(37)16-8-11-22-9-3-2-4-10-22)30(36)31-26(18-28(33)34)27(32)19-38-29(35)17-24-14-7-13-23-12-5-6-15-25(23)24/h2-7,9-10,12-15,21,26H,8,11,16-20H2,1H3,(H,31,36)(H,33,34). The molecule has 0 fully saturated rings. The van der Waals surface area contributed by atoms with E-state index in [0.29, 0.717) is 12.2 Å². The van der Waals surface area contributed by atoms with Crippen LogP contribution in [-0.4, -0.2) is 57.1 Å². The summed E-state index contributed by atoms with van der Waals surface area (Å²) in [6.07, 6.45) is 0.771. The number of carbonyl (C=O) groups excluding carboxylic acids is 3. The molecular formula is C30H33NO7S. The maximum Gasteiger partial charge on any atom is 0.310 e. The van der Waals surface area contributed by atoms with E-state index in [1.807, 2.05) is 66.7 Å². The number of amides is 1. The van der Waals surface area contributed by atoms with Gasteiger partial charge in [0.05, 0.1) is 12.8 Å². The Bertz CT molecular complexity index is 1320. The van der Waals surface area contributed by atoms with Crippen LogP contribution in [0.2, 0.25) is 0 Å². The number of Topliss-reactive ketones (excluding diaryl/α,β-unsaturated/α-hetero) is 1. The third kappa shape index (κ3) is 9.76. The summed E-state index contributed by atoms with van der Waals surface area (Å²) >= 11 is 0. The van der Waals surface area contributed by atoms with Crippen molar-refractivity contribution < 1.29 is 33.2 Å². The second-order valence-corrected chi connectivity index (χ2v) is 11.0. The predicted molar refractivity (Wildman–Crippen MR) is 150 cm³/mol.